The number of carbonyl (C=O) groups excluding carboxylic acids is 2. The molecule has 0 saturated heterocycles. The SMILES string of the molecule is CC[C@H](C)NC(=O)[C@H](CC)N(Cc1ccc(Cl)cc1Cl)C(=O)CCc1ccc(C(C)(C)C)cc1. The number of benzene rings is 2. The monoisotopic (exact) mass is 504 g/mol. The minimum atomic E-state index is -0.573. The zero-order chi connectivity index (χ0) is 25.5. The van der Waals surface area contributed by atoms with E-state index in [2.05, 4.69) is 50.4 Å². The van der Waals surface area contributed by atoms with Gasteiger partial charge in [0.15, 0.2) is 0 Å². The molecule has 0 aliphatic rings. The third kappa shape index (κ3) is 8.02. The lowest BCUT2D eigenvalue weighted by atomic mass is 9.86. The number of aryl methyl sites for hydroxylation is 1. The Morgan fingerprint density at radius 1 is 1.00 bits per heavy atom. The van der Waals surface area contributed by atoms with Crippen molar-refractivity contribution in [2.24, 2.45) is 0 Å². The summed E-state index contributed by atoms with van der Waals surface area (Å²) in [5, 5.41) is 4.05. The third-order valence-electron chi connectivity index (χ3n) is 6.19. The fourth-order valence-electron chi connectivity index (χ4n) is 3.76. The van der Waals surface area contributed by atoms with Crippen LogP contribution in [0.15, 0.2) is 42.5 Å². The number of halogens is 2. The summed E-state index contributed by atoms with van der Waals surface area (Å²) in [5.41, 5.74) is 3.21. The molecule has 2 amide bonds. The summed E-state index contributed by atoms with van der Waals surface area (Å²) >= 11 is 12.5. The first-order valence-electron chi connectivity index (χ1n) is 12.1. The lowest BCUT2D eigenvalue weighted by Gasteiger charge is -2.32. The van der Waals surface area contributed by atoms with Crippen LogP contribution >= 0.6 is 23.2 Å². The van der Waals surface area contributed by atoms with E-state index in [0.717, 1.165) is 17.5 Å². The molecule has 6 heteroatoms. The highest BCUT2D eigenvalue weighted by atomic mass is 35.5. The van der Waals surface area contributed by atoms with Gasteiger partial charge in [-0.3, -0.25) is 9.59 Å². The second-order valence-electron chi connectivity index (χ2n) is 9.95. The number of carbonyl (C=O) groups is 2. The Labute approximate surface area is 215 Å². The van der Waals surface area contributed by atoms with Gasteiger partial charge in [-0.15, -0.1) is 0 Å². The van der Waals surface area contributed by atoms with Crippen LogP contribution in [0.1, 0.15) is 77.5 Å². The Morgan fingerprint density at radius 3 is 2.18 bits per heavy atom. The van der Waals surface area contributed by atoms with Crippen LogP contribution in [0.25, 0.3) is 0 Å². The first kappa shape index (κ1) is 28.2. The van der Waals surface area contributed by atoms with Gasteiger partial charge in [-0.2, -0.15) is 0 Å². The maximum Gasteiger partial charge on any atom is 0.243 e. The fraction of sp³-hybridized carbons (Fsp3) is 0.500. The van der Waals surface area contributed by atoms with Crippen molar-refractivity contribution in [2.75, 3.05) is 0 Å². The van der Waals surface area contributed by atoms with Crippen molar-refractivity contribution < 1.29 is 9.59 Å². The minimum absolute atomic E-state index is 0.0407. The van der Waals surface area contributed by atoms with E-state index in [9.17, 15) is 9.59 Å². The maximum absolute atomic E-state index is 13.5. The summed E-state index contributed by atoms with van der Waals surface area (Å²) in [6.07, 6.45) is 2.26. The van der Waals surface area contributed by atoms with Gasteiger partial charge < -0.3 is 10.2 Å². The first-order chi connectivity index (χ1) is 16.0. The van der Waals surface area contributed by atoms with Gasteiger partial charge in [0.1, 0.15) is 6.04 Å². The molecule has 0 fully saturated rings. The Kier molecular flexibility index (Phi) is 10.5. The fourth-order valence-corrected chi connectivity index (χ4v) is 4.23. The molecule has 0 aliphatic carbocycles. The second kappa shape index (κ2) is 12.6. The number of nitrogens with one attached hydrogen (secondary N) is 1. The lowest BCUT2D eigenvalue weighted by Crippen LogP contribution is -2.50. The van der Waals surface area contributed by atoms with Crippen LogP contribution in [0.3, 0.4) is 0 Å². The normalized spacial score (nSPS) is 13.3. The van der Waals surface area contributed by atoms with Crippen molar-refractivity contribution >= 4 is 35.0 Å². The molecule has 186 valence electrons. The van der Waals surface area contributed by atoms with Gasteiger partial charge in [0.05, 0.1) is 0 Å². The summed E-state index contributed by atoms with van der Waals surface area (Å²) in [6.45, 7) is 12.7. The molecule has 4 nitrogen and oxygen atoms in total. The van der Waals surface area contributed by atoms with E-state index >= 15 is 0 Å². The van der Waals surface area contributed by atoms with Crippen molar-refractivity contribution in [3.05, 3.63) is 69.2 Å². The van der Waals surface area contributed by atoms with Gasteiger partial charge in [-0.25, -0.2) is 0 Å². The first-order valence-corrected chi connectivity index (χ1v) is 12.8. The Balaban J connectivity index is 2.24. The number of hydrogen-bond donors (Lipinski definition) is 1. The second-order valence-corrected chi connectivity index (χ2v) is 10.8. The highest BCUT2D eigenvalue weighted by Crippen LogP contribution is 2.25. The van der Waals surface area contributed by atoms with E-state index in [0.29, 0.717) is 29.3 Å². The molecule has 0 aromatic heterocycles. The van der Waals surface area contributed by atoms with E-state index in [4.69, 9.17) is 23.2 Å². The van der Waals surface area contributed by atoms with E-state index in [-0.39, 0.29) is 29.8 Å². The smallest absolute Gasteiger partial charge is 0.243 e. The summed E-state index contributed by atoms with van der Waals surface area (Å²) in [6, 6.07) is 13.1. The largest absolute Gasteiger partial charge is 0.352 e. The minimum Gasteiger partial charge on any atom is -0.352 e. The Bertz CT molecular complexity index is 967. The Morgan fingerprint density at radius 2 is 1.65 bits per heavy atom. The molecule has 0 bridgehead atoms. The van der Waals surface area contributed by atoms with Crippen LogP contribution in [0, 0.1) is 0 Å². The Hall–Kier alpha value is -2.04. The summed E-state index contributed by atoms with van der Waals surface area (Å²) in [5.74, 6) is -0.207. The summed E-state index contributed by atoms with van der Waals surface area (Å²) in [7, 11) is 0. The molecular weight excluding hydrogens is 467 g/mol. The molecule has 0 aliphatic heterocycles. The van der Waals surface area contributed by atoms with Gasteiger partial charge in [0, 0.05) is 29.1 Å². The number of amides is 2. The molecular formula is C28H38Cl2N2O2. The molecule has 2 aromatic carbocycles. The predicted molar refractivity (Wildman–Crippen MR) is 142 cm³/mol. The van der Waals surface area contributed by atoms with Gasteiger partial charge in [-0.1, -0.05) is 88.2 Å². The number of rotatable bonds is 10. The molecule has 2 rings (SSSR count). The van der Waals surface area contributed by atoms with E-state index in [1.54, 1.807) is 17.0 Å². The summed E-state index contributed by atoms with van der Waals surface area (Å²) in [4.78, 5) is 28.2. The number of hydrogen-bond acceptors (Lipinski definition) is 2. The summed E-state index contributed by atoms with van der Waals surface area (Å²) < 4.78 is 0. The van der Waals surface area contributed by atoms with Gasteiger partial charge >= 0.3 is 0 Å². The predicted octanol–water partition coefficient (Wildman–Crippen LogP) is 6.95. The van der Waals surface area contributed by atoms with Crippen molar-refractivity contribution in [3.8, 4) is 0 Å². The number of nitrogens with zero attached hydrogens (tertiary/aromatic N) is 1. The van der Waals surface area contributed by atoms with Crippen LogP contribution in [-0.4, -0.2) is 28.8 Å². The van der Waals surface area contributed by atoms with Gasteiger partial charge in [-0.05, 0) is 60.4 Å². The molecule has 2 aromatic rings. The third-order valence-corrected chi connectivity index (χ3v) is 6.78. The van der Waals surface area contributed by atoms with Gasteiger partial charge in [0.2, 0.25) is 11.8 Å². The van der Waals surface area contributed by atoms with Crippen LogP contribution in [0.4, 0.5) is 0 Å². The molecule has 1 N–H and O–H groups in total. The van der Waals surface area contributed by atoms with Crippen LogP contribution in [0.5, 0.6) is 0 Å². The van der Waals surface area contributed by atoms with E-state index < -0.39 is 6.04 Å². The molecule has 0 saturated carbocycles. The van der Waals surface area contributed by atoms with Crippen molar-refractivity contribution in [1.82, 2.24) is 10.2 Å². The zero-order valence-corrected chi connectivity index (χ0v) is 22.8. The molecule has 0 spiro atoms. The van der Waals surface area contributed by atoms with E-state index in [1.807, 2.05) is 26.8 Å². The standard InChI is InChI=1S/C28H38Cl2N2O2/c1-7-19(3)31-27(34)25(8-2)32(18-21-12-15-23(29)17-24(21)30)26(33)16-11-20-9-13-22(14-10-20)28(4,5)6/h9-10,12-15,17,19,25H,7-8,11,16,18H2,1-6H3,(H,31,34)/t19-,25-/m0/s1. The lowest BCUT2D eigenvalue weighted by molar-refractivity contribution is -0.141. The topological polar surface area (TPSA) is 49.4 Å². The van der Waals surface area contributed by atoms with Crippen molar-refractivity contribution in [1.29, 1.82) is 0 Å². The molecule has 34 heavy (non-hydrogen) atoms. The average Bonchev–Trinajstić information content (AvgIpc) is 2.78. The average molecular weight is 506 g/mol. The van der Waals surface area contributed by atoms with Gasteiger partial charge in [0.25, 0.3) is 0 Å². The quantitative estimate of drug-likeness (QED) is 0.380. The highest BCUT2D eigenvalue weighted by molar-refractivity contribution is 6.35. The molecule has 0 heterocycles. The van der Waals surface area contributed by atoms with Crippen LogP contribution in [0.2, 0.25) is 10.0 Å². The molecule has 0 unspecified atom stereocenters. The highest BCUT2D eigenvalue weighted by Gasteiger charge is 2.29. The maximum atomic E-state index is 13.5. The van der Waals surface area contributed by atoms with Crippen LogP contribution < -0.4 is 5.32 Å². The molecule has 2 atom stereocenters. The van der Waals surface area contributed by atoms with E-state index in [1.165, 1.54) is 5.56 Å². The van der Waals surface area contributed by atoms with Crippen molar-refractivity contribution in [2.45, 2.75) is 91.3 Å². The van der Waals surface area contributed by atoms with Crippen molar-refractivity contribution in [3.63, 3.8) is 0 Å². The van der Waals surface area contributed by atoms with Crippen LogP contribution in [-0.2, 0) is 28.0 Å². The zero-order valence-electron chi connectivity index (χ0n) is 21.3. The molecule has 0 radical (unpaired) electrons.